The lowest BCUT2D eigenvalue weighted by Crippen LogP contribution is -2.44. The second-order valence-electron chi connectivity index (χ2n) is 6.75. The van der Waals surface area contributed by atoms with Gasteiger partial charge in [-0.05, 0) is 46.7 Å². The minimum absolute atomic E-state index is 0.176. The zero-order chi connectivity index (χ0) is 15.6. The van der Waals surface area contributed by atoms with Crippen LogP contribution in [0.3, 0.4) is 0 Å². The molecule has 0 bridgehead atoms. The molecule has 0 N–H and O–H groups in total. The number of carbonyl (C=O) groups excluding carboxylic acids is 1. The van der Waals surface area contributed by atoms with Crippen LogP contribution in [0.1, 0.15) is 32.5 Å². The van der Waals surface area contributed by atoms with E-state index < -0.39 is 0 Å². The molecule has 1 fully saturated rings. The highest BCUT2D eigenvalue weighted by atomic mass is 16.2. The highest BCUT2D eigenvalue weighted by Gasteiger charge is 2.39. The van der Waals surface area contributed by atoms with Gasteiger partial charge >= 0.3 is 0 Å². The van der Waals surface area contributed by atoms with Crippen molar-refractivity contribution in [1.29, 1.82) is 0 Å². The van der Waals surface area contributed by atoms with Crippen molar-refractivity contribution in [3.05, 3.63) is 18.2 Å². The van der Waals surface area contributed by atoms with Gasteiger partial charge in [-0.15, -0.1) is 0 Å². The first-order valence-electron chi connectivity index (χ1n) is 7.75. The number of likely N-dealkylation sites (tertiary alicyclic amines) is 1. The molecule has 0 saturated carbocycles. The molecular formula is C16H28N4O. The van der Waals surface area contributed by atoms with Gasteiger partial charge in [-0.1, -0.05) is 0 Å². The molecule has 21 heavy (non-hydrogen) atoms. The summed E-state index contributed by atoms with van der Waals surface area (Å²) < 4.78 is 2.03. The number of aromatic nitrogens is 2. The Bertz CT molecular complexity index is 494. The molecule has 1 aliphatic rings. The van der Waals surface area contributed by atoms with Gasteiger partial charge in [-0.25, -0.2) is 4.98 Å². The Labute approximate surface area is 127 Å². The van der Waals surface area contributed by atoms with E-state index in [-0.39, 0.29) is 11.4 Å². The fraction of sp³-hybridized carbons (Fsp3) is 0.750. The predicted molar refractivity (Wildman–Crippen MR) is 84.0 cm³/mol. The smallest absolute Gasteiger partial charge is 0.224 e. The van der Waals surface area contributed by atoms with Crippen LogP contribution < -0.4 is 0 Å². The molecule has 0 radical (unpaired) electrons. The maximum Gasteiger partial charge on any atom is 0.224 e. The summed E-state index contributed by atoms with van der Waals surface area (Å²) in [4.78, 5) is 20.8. The van der Waals surface area contributed by atoms with Gasteiger partial charge in [0, 0.05) is 44.5 Å². The van der Waals surface area contributed by atoms with Gasteiger partial charge in [0.1, 0.15) is 5.82 Å². The summed E-state index contributed by atoms with van der Waals surface area (Å²) in [5.74, 6) is 1.73. The average molecular weight is 292 g/mol. The van der Waals surface area contributed by atoms with Gasteiger partial charge in [-0.2, -0.15) is 0 Å². The summed E-state index contributed by atoms with van der Waals surface area (Å²) in [5.41, 5.74) is 0.176. The SMILES string of the molecule is Cc1nccn1CCC(=O)N(C)CC1CCN(C)C1(C)C. The van der Waals surface area contributed by atoms with Crippen LogP contribution in [-0.2, 0) is 11.3 Å². The van der Waals surface area contributed by atoms with Crippen LogP contribution in [0.15, 0.2) is 12.4 Å². The van der Waals surface area contributed by atoms with Gasteiger partial charge in [-0.3, -0.25) is 4.79 Å². The fourth-order valence-electron chi connectivity index (χ4n) is 3.10. The van der Waals surface area contributed by atoms with Gasteiger partial charge in [0.15, 0.2) is 0 Å². The van der Waals surface area contributed by atoms with E-state index in [0.717, 1.165) is 18.9 Å². The van der Waals surface area contributed by atoms with Crippen LogP contribution in [0, 0.1) is 12.8 Å². The lowest BCUT2D eigenvalue weighted by molar-refractivity contribution is -0.131. The number of imidazole rings is 1. The fourth-order valence-corrected chi connectivity index (χ4v) is 3.10. The molecule has 0 spiro atoms. The molecule has 0 aromatic carbocycles. The van der Waals surface area contributed by atoms with Gasteiger partial charge in [0.2, 0.25) is 5.91 Å². The molecule has 1 saturated heterocycles. The van der Waals surface area contributed by atoms with E-state index >= 15 is 0 Å². The van der Waals surface area contributed by atoms with Crippen molar-refractivity contribution in [3.63, 3.8) is 0 Å². The van der Waals surface area contributed by atoms with Crippen molar-refractivity contribution >= 4 is 5.91 Å². The maximum atomic E-state index is 12.3. The molecule has 5 heteroatoms. The van der Waals surface area contributed by atoms with Gasteiger partial charge < -0.3 is 14.4 Å². The molecule has 1 amide bonds. The molecular weight excluding hydrogens is 264 g/mol. The molecule has 118 valence electrons. The Balaban J connectivity index is 1.84. The van der Waals surface area contributed by atoms with Crippen LogP contribution in [-0.4, -0.2) is 58.0 Å². The second kappa shape index (κ2) is 6.18. The highest BCUT2D eigenvalue weighted by Crippen LogP contribution is 2.33. The van der Waals surface area contributed by atoms with Crippen molar-refractivity contribution in [1.82, 2.24) is 19.4 Å². The third-order valence-electron chi connectivity index (χ3n) is 5.21. The molecule has 1 atom stereocenters. The van der Waals surface area contributed by atoms with Gasteiger partial charge in [0.05, 0.1) is 0 Å². The van der Waals surface area contributed by atoms with E-state index in [4.69, 9.17) is 0 Å². The summed E-state index contributed by atoms with van der Waals surface area (Å²) in [5, 5.41) is 0. The molecule has 0 aliphatic carbocycles. The van der Waals surface area contributed by atoms with Crippen molar-refractivity contribution in [2.45, 2.75) is 45.7 Å². The van der Waals surface area contributed by atoms with E-state index in [1.54, 1.807) is 6.20 Å². The summed E-state index contributed by atoms with van der Waals surface area (Å²) in [7, 11) is 4.10. The molecule has 1 aliphatic heterocycles. The van der Waals surface area contributed by atoms with Crippen LogP contribution >= 0.6 is 0 Å². The van der Waals surface area contributed by atoms with E-state index in [0.29, 0.717) is 18.9 Å². The Hall–Kier alpha value is -1.36. The molecule has 5 nitrogen and oxygen atoms in total. The Kier molecular flexibility index (Phi) is 4.71. The van der Waals surface area contributed by atoms with Crippen molar-refractivity contribution in [2.24, 2.45) is 5.92 Å². The standard InChI is InChI=1S/C16H28N4O/c1-13-17-8-11-20(13)10-7-15(21)18(4)12-14-6-9-19(5)16(14,2)3/h8,11,14H,6-7,9-10,12H2,1-5H3. The summed E-state index contributed by atoms with van der Waals surface area (Å²) >= 11 is 0. The Morgan fingerprint density at radius 1 is 1.52 bits per heavy atom. The summed E-state index contributed by atoms with van der Waals surface area (Å²) in [6.45, 7) is 9.19. The summed E-state index contributed by atoms with van der Waals surface area (Å²) in [6, 6.07) is 0. The third kappa shape index (κ3) is 3.46. The molecule has 1 unspecified atom stereocenters. The molecule has 2 rings (SSSR count). The Morgan fingerprint density at radius 3 is 2.76 bits per heavy atom. The predicted octanol–water partition coefficient (Wildman–Crippen LogP) is 1.77. The topological polar surface area (TPSA) is 41.4 Å². The number of carbonyl (C=O) groups is 1. The number of hydrogen-bond donors (Lipinski definition) is 0. The monoisotopic (exact) mass is 292 g/mol. The first kappa shape index (κ1) is 16.0. The van der Waals surface area contributed by atoms with Crippen LogP contribution in [0.25, 0.3) is 0 Å². The summed E-state index contributed by atoms with van der Waals surface area (Å²) in [6.07, 6.45) is 5.41. The third-order valence-corrected chi connectivity index (χ3v) is 5.21. The lowest BCUT2D eigenvalue weighted by Gasteiger charge is -2.35. The quantitative estimate of drug-likeness (QED) is 0.830. The lowest BCUT2D eigenvalue weighted by atomic mass is 9.88. The van der Waals surface area contributed by atoms with Gasteiger partial charge in [0.25, 0.3) is 0 Å². The van der Waals surface area contributed by atoms with Crippen LogP contribution in [0.4, 0.5) is 0 Å². The van der Waals surface area contributed by atoms with E-state index in [9.17, 15) is 4.79 Å². The first-order valence-corrected chi connectivity index (χ1v) is 7.75. The number of rotatable bonds is 5. The number of aryl methyl sites for hydroxylation is 2. The van der Waals surface area contributed by atoms with Crippen LogP contribution in [0.5, 0.6) is 0 Å². The largest absolute Gasteiger partial charge is 0.345 e. The van der Waals surface area contributed by atoms with Crippen molar-refractivity contribution in [2.75, 3.05) is 27.2 Å². The minimum atomic E-state index is 0.176. The second-order valence-corrected chi connectivity index (χ2v) is 6.75. The number of hydrogen-bond acceptors (Lipinski definition) is 3. The van der Waals surface area contributed by atoms with Crippen LogP contribution in [0.2, 0.25) is 0 Å². The Morgan fingerprint density at radius 2 is 2.24 bits per heavy atom. The number of amides is 1. The highest BCUT2D eigenvalue weighted by molar-refractivity contribution is 5.75. The maximum absolute atomic E-state index is 12.3. The zero-order valence-electron chi connectivity index (χ0n) is 14.0. The van der Waals surface area contributed by atoms with Crippen molar-refractivity contribution in [3.8, 4) is 0 Å². The minimum Gasteiger partial charge on any atom is -0.345 e. The van der Waals surface area contributed by atoms with Crippen molar-refractivity contribution < 1.29 is 4.79 Å². The zero-order valence-corrected chi connectivity index (χ0v) is 14.0. The van der Waals surface area contributed by atoms with E-state index in [1.807, 2.05) is 29.6 Å². The normalized spacial score (nSPS) is 21.7. The molecule has 1 aromatic heterocycles. The van der Waals surface area contributed by atoms with E-state index in [2.05, 4.69) is 30.8 Å². The number of nitrogens with zero attached hydrogens (tertiary/aromatic N) is 4. The molecule has 2 heterocycles. The molecule has 1 aromatic rings. The first-order chi connectivity index (χ1) is 9.82. The average Bonchev–Trinajstić information content (AvgIpc) is 2.94. The van der Waals surface area contributed by atoms with E-state index in [1.165, 1.54) is 6.42 Å².